The van der Waals surface area contributed by atoms with E-state index in [0.29, 0.717) is 17.8 Å². The molecule has 0 saturated carbocycles. The van der Waals surface area contributed by atoms with Crippen LogP contribution in [0, 0.1) is 0 Å². The maximum atomic E-state index is 10.4. The van der Waals surface area contributed by atoms with Crippen LogP contribution >= 0.6 is 12.6 Å². The molecule has 2 aromatic rings. The van der Waals surface area contributed by atoms with Gasteiger partial charge in [-0.15, -0.1) is 12.6 Å². The molecular weight excluding hydrogens is 196 g/mol. The summed E-state index contributed by atoms with van der Waals surface area (Å²) < 4.78 is 5.27. The molecule has 0 aliphatic rings. The lowest BCUT2D eigenvalue weighted by atomic mass is 10.2. The first-order chi connectivity index (χ1) is 6.79. The molecule has 0 aliphatic heterocycles. The Morgan fingerprint density at radius 2 is 2.07 bits per heavy atom. The summed E-state index contributed by atoms with van der Waals surface area (Å²) in [6.45, 7) is 0. The summed E-state index contributed by atoms with van der Waals surface area (Å²) in [7, 11) is 0. The zero-order chi connectivity index (χ0) is 9.97. The number of hydrogen-bond acceptors (Lipinski definition) is 3. The van der Waals surface area contributed by atoms with Crippen LogP contribution in [0.3, 0.4) is 0 Å². The van der Waals surface area contributed by atoms with E-state index in [1.54, 1.807) is 12.1 Å². The Hall–Kier alpha value is -1.48. The van der Waals surface area contributed by atoms with Crippen molar-refractivity contribution in [3.05, 3.63) is 42.2 Å². The molecule has 0 unspecified atom stereocenters. The topological polar surface area (TPSA) is 30.2 Å². The fourth-order valence-electron chi connectivity index (χ4n) is 1.23. The molecule has 14 heavy (non-hydrogen) atoms. The van der Waals surface area contributed by atoms with E-state index in [4.69, 9.17) is 4.42 Å². The van der Waals surface area contributed by atoms with Crippen molar-refractivity contribution in [3.63, 3.8) is 0 Å². The van der Waals surface area contributed by atoms with Gasteiger partial charge >= 0.3 is 0 Å². The summed E-state index contributed by atoms with van der Waals surface area (Å²) in [5.41, 5.74) is 0.922. The van der Waals surface area contributed by atoms with Gasteiger partial charge in [-0.05, 0) is 24.3 Å². The summed E-state index contributed by atoms with van der Waals surface area (Å²) in [4.78, 5) is 11.3. The number of furan rings is 1. The van der Waals surface area contributed by atoms with Gasteiger partial charge in [-0.1, -0.05) is 12.1 Å². The van der Waals surface area contributed by atoms with Crippen molar-refractivity contribution in [2.45, 2.75) is 4.90 Å². The van der Waals surface area contributed by atoms with Gasteiger partial charge in [-0.3, -0.25) is 4.79 Å². The molecule has 1 aromatic carbocycles. The van der Waals surface area contributed by atoms with E-state index >= 15 is 0 Å². The van der Waals surface area contributed by atoms with Crippen LogP contribution in [0.25, 0.3) is 11.3 Å². The zero-order valence-corrected chi connectivity index (χ0v) is 8.20. The lowest BCUT2D eigenvalue weighted by Gasteiger charge is -1.96. The molecule has 0 N–H and O–H groups in total. The predicted octanol–water partition coefficient (Wildman–Crippen LogP) is 3.05. The minimum atomic E-state index is 0.338. The number of rotatable bonds is 2. The highest BCUT2D eigenvalue weighted by atomic mass is 32.1. The van der Waals surface area contributed by atoms with Crippen molar-refractivity contribution in [1.29, 1.82) is 0 Å². The highest BCUT2D eigenvalue weighted by Crippen LogP contribution is 2.23. The number of carbonyl (C=O) groups is 1. The minimum Gasteiger partial charge on any atom is -0.453 e. The van der Waals surface area contributed by atoms with Gasteiger partial charge in [-0.25, -0.2) is 0 Å². The third-order valence-electron chi connectivity index (χ3n) is 1.87. The molecule has 1 heterocycles. The number of thiol groups is 1. The average molecular weight is 204 g/mol. The lowest BCUT2D eigenvalue weighted by Crippen LogP contribution is -1.73. The molecule has 0 radical (unpaired) electrons. The fraction of sp³-hybridized carbons (Fsp3) is 0. The average Bonchev–Trinajstić information content (AvgIpc) is 2.66. The van der Waals surface area contributed by atoms with Gasteiger partial charge in [0.1, 0.15) is 5.76 Å². The number of carbonyl (C=O) groups excluding carboxylic acids is 1. The standard InChI is InChI=1S/C11H8O2S/c12-7-9-4-5-11(13-9)8-2-1-3-10(14)6-8/h1-7,14H. The van der Waals surface area contributed by atoms with Crippen LogP contribution in [0.5, 0.6) is 0 Å². The van der Waals surface area contributed by atoms with E-state index in [2.05, 4.69) is 12.6 Å². The SMILES string of the molecule is O=Cc1ccc(-c2cccc(S)c2)o1. The fourth-order valence-corrected chi connectivity index (χ4v) is 1.46. The van der Waals surface area contributed by atoms with Crippen LogP contribution in [0.15, 0.2) is 45.7 Å². The highest BCUT2D eigenvalue weighted by Gasteiger charge is 2.03. The molecule has 0 atom stereocenters. The van der Waals surface area contributed by atoms with Crippen LogP contribution in [0.2, 0.25) is 0 Å². The van der Waals surface area contributed by atoms with E-state index in [1.165, 1.54) is 0 Å². The van der Waals surface area contributed by atoms with Gasteiger partial charge in [0.25, 0.3) is 0 Å². The van der Waals surface area contributed by atoms with E-state index in [0.717, 1.165) is 10.5 Å². The van der Waals surface area contributed by atoms with Crippen molar-refractivity contribution in [2.75, 3.05) is 0 Å². The third kappa shape index (κ3) is 1.72. The molecule has 2 nitrogen and oxygen atoms in total. The molecule has 1 aromatic heterocycles. The first kappa shape index (κ1) is 9.09. The molecule has 70 valence electrons. The Morgan fingerprint density at radius 1 is 1.21 bits per heavy atom. The van der Waals surface area contributed by atoms with Crippen molar-refractivity contribution in [3.8, 4) is 11.3 Å². The Morgan fingerprint density at radius 3 is 2.71 bits per heavy atom. The number of benzene rings is 1. The Kier molecular flexibility index (Phi) is 2.41. The monoisotopic (exact) mass is 204 g/mol. The van der Waals surface area contributed by atoms with Gasteiger partial charge in [0, 0.05) is 10.5 Å². The van der Waals surface area contributed by atoms with Crippen LogP contribution in [-0.2, 0) is 0 Å². The van der Waals surface area contributed by atoms with Gasteiger partial charge in [0.2, 0.25) is 0 Å². The van der Waals surface area contributed by atoms with Crippen molar-refractivity contribution >= 4 is 18.9 Å². The second-order valence-corrected chi connectivity index (χ2v) is 3.39. The molecule has 3 heteroatoms. The second-order valence-electron chi connectivity index (χ2n) is 2.87. The van der Waals surface area contributed by atoms with Crippen LogP contribution in [-0.4, -0.2) is 6.29 Å². The largest absolute Gasteiger partial charge is 0.453 e. The van der Waals surface area contributed by atoms with Crippen LogP contribution in [0.1, 0.15) is 10.6 Å². The smallest absolute Gasteiger partial charge is 0.185 e. The van der Waals surface area contributed by atoms with Gasteiger partial charge in [0.05, 0.1) is 0 Å². The number of hydrogen-bond donors (Lipinski definition) is 1. The Balaban J connectivity index is 2.43. The quantitative estimate of drug-likeness (QED) is 0.602. The van der Waals surface area contributed by atoms with Crippen molar-refractivity contribution < 1.29 is 9.21 Å². The molecule has 0 spiro atoms. The molecular formula is C11H8O2S. The van der Waals surface area contributed by atoms with Gasteiger partial charge in [0.15, 0.2) is 12.0 Å². The summed E-state index contributed by atoms with van der Waals surface area (Å²) >= 11 is 4.22. The molecule has 0 aliphatic carbocycles. The first-order valence-corrected chi connectivity index (χ1v) is 4.59. The Labute approximate surface area is 87.0 Å². The molecule has 2 rings (SSSR count). The maximum Gasteiger partial charge on any atom is 0.185 e. The Bertz CT molecular complexity index is 460. The molecule has 0 amide bonds. The van der Waals surface area contributed by atoms with E-state index in [-0.39, 0.29) is 0 Å². The lowest BCUT2D eigenvalue weighted by molar-refractivity contribution is 0.110. The van der Waals surface area contributed by atoms with Crippen LogP contribution in [0.4, 0.5) is 0 Å². The van der Waals surface area contributed by atoms with E-state index < -0.39 is 0 Å². The maximum absolute atomic E-state index is 10.4. The van der Waals surface area contributed by atoms with Crippen molar-refractivity contribution in [2.24, 2.45) is 0 Å². The highest BCUT2D eigenvalue weighted by molar-refractivity contribution is 7.80. The van der Waals surface area contributed by atoms with E-state index in [9.17, 15) is 4.79 Å². The summed E-state index contributed by atoms with van der Waals surface area (Å²) in [5.74, 6) is 1.02. The summed E-state index contributed by atoms with van der Waals surface area (Å²) in [6, 6.07) is 11.0. The van der Waals surface area contributed by atoms with Crippen LogP contribution < -0.4 is 0 Å². The normalized spacial score (nSPS) is 10.1. The molecule has 0 fully saturated rings. The number of aldehydes is 1. The van der Waals surface area contributed by atoms with E-state index in [1.807, 2.05) is 24.3 Å². The second kappa shape index (κ2) is 3.72. The first-order valence-electron chi connectivity index (χ1n) is 4.14. The van der Waals surface area contributed by atoms with Gasteiger partial charge in [-0.2, -0.15) is 0 Å². The summed E-state index contributed by atoms with van der Waals surface area (Å²) in [6.07, 6.45) is 0.689. The molecule has 0 saturated heterocycles. The molecule has 0 bridgehead atoms. The predicted molar refractivity (Wildman–Crippen MR) is 56.8 cm³/mol. The van der Waals surface area contributed by atoms with Gasteiger partial charge < -0.3 is 4.42 Å². The zero-order valence-electron chi connectivity index (χ0n) is 7.31. The minimum absolute atomic E-state index is 0.338. The summed E-state index contributed by atoms with van der Waals surface area (Å²) in [5, 5.41) is 0. The third-order valence-corrected chi connectivity index (χ3v) is 2.15. The van der Waals surface area contributed by atoms with Crippen molar-refractivity contribution in [1.82, 2.24) is 0 Å².